The molecule has 21 heavy (non-hydrogen) atoms. The van der Waals surface area contributed by atoms with Crippen molar-refractivity contribution < 1.29 is 0 Å². The molecule has 114 valence electrons. The highest BCUT2D eigenvalue weighted by Gasteiger charge is 2.16. The van der Waals surface area contributed by atoms with Crippen LogP contribution in [0.2, 0.25) is 0 Å². The maximum absolute atomic E-state index is 5.45. The number of thiocarbonyl (C=S) groups is 1. The van der Waals surface area contributed by atoms with Crippen LogP contribution >= 0.6 is 12.2 Å². The highest BCUT2D eigenvalue weighted by Crippen LogP contribution is 2.32. The van der Waals surface area contributed by atoms with E-state index in [1.165, 1.54) is 37.7 Å². The van der Waals surface area contributed by atoms with Crippen molar-refractivity contribution in [2.24, 2.45) is 16.8 Å². The lowest BCUT2D eigenvalue weighted by molar-refractivity contribution is 0.443. The summed E-state index contributed by atoms with van der Waals surface area (Å²) >= 11 is 4.82. The van der Waals surface area contributed by atoms with Crippen molar-refractivity contribution in [3.8, 4) is 0 Å². The number of benzene rings is 1. The second kappa shape index (κ2) is 7.55. The number of hydrazone groups is 1. The van der Waals surface area contributed by atoms with Crippen molar-refractivity contribution in [2.45, 2.75) is 51.9 Å². The molecule has 0 aliphatic heterocycles. The van der Waals surface area contributed by atoms with E-state index in [1.54, 1.807) is 0 Å². The second-order valence-corrected chi connectivity index (χ2v) is 6.52. The van der Waals surface area contributed by atoms with E-state index in [0.29, 0.717) is 5.92 Å². The molecule has 1 aliphatic rings. The van der Waals surface area contributed by atoms with Crippen molar-refractivity contribution >= 4 is 23.0 Å². The van der Waals surface area contributed by atoms with E-state index >= 15 is 0 Å². The molecule has 0 bridgehead atoms. The molecule has 4 heteroatoms. The Morgan fingerprint density at radius 1 is 1.19 bits per heavy atom. The lowest BCUT2D eigenvalue weighted by Gasteiger charge is -2.22. The monoisotopic (exact) mass is 303 g/mol. The first kappa shape index (κ1) is 16.0. The zero-order valence-electron chi connectivity index (χ0n) is 12.9. The molecule has 0 unspecified atom stereocenters. The summed E-state index contributed by atoms with van der Waals surface area (Å²) in [6, 6.07) is 8.85. The van der Waals surface area contributed by atoms with Crippen molar-refractivity contribution in [3.05, 3.63) is 35.4 Å². The van der Waals surface area contributed by atoms with E-state index in [9.17, 15) is 0 Å². The molecule has 0 aromatic heterocycles. The average molecular weight is 303 g/mol. The van der Waals surface area contributed by atoms with Gasteiger partial charge in [0, 0.05) is 0 Å². The third kappa shape index (κ3) is 4.53. The molecule has 1 fully saturated rings. The van der Waals surface area contributed by atoms with Gasteiger partial charge in [-0.3, -0.25) is 5.43 Å². The zero-order chi connectivity index (χ0) is 15.2. The first-order chi connectivity index (χ1) is 10.1. The smallest absolute Gasteiger partial charge is 0.184 e. The van der Waals surface area contributed by atoms with Crippen molar-refractivity contribution in [2.75, 3.05) is 0 Å². The van der Waals surface area contributed by atoms with Gasteiger partial charge in [-0.05, 0) is 48.0 Å². The van der Waals surface area contributed by atoms with Crippen LogP contribution in [0.3, 0.4) is 0 Å². The summed E-state index contributed by atoms with van der Waals surface area (Å²) in [6.07, 6.45) is 6.77. The zero-order valence-corrected chi connectivity index (χ0v) is 13.7. The molecule has 3 nitrogen and oxygen atoms in total. The first-order valence-electron chi connectivity index (χ1n) is 7.81. The molecule has 1 aromatic rings. The van der Waals surface area contributed by atoms with Crippen LogP contribution in [0, 0.1) is 5.92 Å². The molecular formula is C17H25N3S. The van der Waals surface area contributed by atoms with Gasteiger partial charge in [0.05, 0.1) is 5.71 Å². The standard InChI is InChI=1S/C17H25N3S/c1-12(2)16(19-20-17(18)21)15-10-8-14(9-11-15)13-6-4-3-5-7-13/h8-13H,3-7H2,1-2H3,(H3,18,20,21)/b19-16+. The number of nitrogens with one attached hydrogen (secondary N) is 1. The summed E-state index contributed by atoms with van der Waals surface area (Å²) in [5, 5.41) is 4.54. The van der Waals surface area contributed by atoms with E-state index in [4.69, 9.17) is 18.0 Å². The van der Waals surface area contributed by atoms with Gasteiger partial charge in [-0.2, -0.15) is 5.10 Å². The van der Waals surface area contributed by atoms with Gasteiger partial charge in [-0.15, -0.1) is 0 Å². The largest absolute Gasteiger partial charge is 0.375 e. The quantitative estimate of drug-likeness (QED) is 0.503. The Labute approximate surface area is 133 Å². The number of hydrogen-bond acceptors (Lipinski definition) is 2. The SMILES string of the molecule is CC(C)/C(=N\NC(N)=S)c1ccc(C2CCCCC2)cc1. The predicted molar refractivity (Wildman–Crippen MR) is 93.6 cm³/mol. The molecule has 1 aromatic carbocycles. The number of nitrogens with zero attached hydrogens (tertiary/aromatic N) is 1. The Bertz CT molecular complexity index is 499. The molecule has 0 radical (unpaired) electrons. The normalized spacial score (nSPS) is 17.0. The lowest BCUT2D eigenvalue weighted by atomic mass is 9.83. The Balaban J connectivity index is 2.15. The fourth-order valence-electron chi connectivity index (χ4n) is 3.00. The Hall–Kier alpha value is -1.42. The average Bonchev–Trinajstić information content (AvgIpc) is 2.48. The summed E-state index contributed by atoms with van der Waals surface area (Å²) in [5.41, 5.74) is 11.7. The summed E-state index contributed by atoms with van der Waals surface area (Å²) < 4.78 is 0. The fraction of sp³-hybridized carbons (Fsp3) is 0.529. The van der Waals surface area contributed by atoms with Crippen LogP contribution in [0.25, 0.3) is 0 Å². The highest BCUT2D eigenvalue weighted by atomic mass is 32.1. The van der Waals surface area contributed by atoms with E-state index in [-0.39, 0.29) is 5.11 Å². The van der Waals surface area contributed by atoms with Crippen LogP contribution in [0.5, 0.6) is 0 Å². The summed E-state index contributed by atoms with van der Waals surface area (Å²) in [6.45, 7) is 4.24. The minimum absolute atomic E-state index is 0.201. The van der Waals surface area contributed by atoms with E-state index in [2.05, 4.69) is 48.6 Å². The van der Waals surface area contributed by atoms with Gasteiger partial charge in [-0.25, -0.2) is 0 Å². The number of nitrogens with two attached hydrogens (primary N) is 1. The van der Waals surface area contributed by atoms with E-state index in [0.717, 1.165) is 17.2 Å². The van der Waals surface area contributed by atoms with Crippen LogP contribution < -0.4 is 11.2 Å². The van der Waals surface area contributed by atoms with E-state index in [1.807, 2.05) is 0 Å². The van der Waals surface area contributed by atoms with E-state index < -0.39 is 0 Å². The molecule has 0 heterocycles. The van der Waals surface area contributed by atoms with Crippen molar-refractivity contribution in [3.63, 3.8) is 0 Å². The molecule has 0 atom stereocenters. The lowest BCUT2D eigenvalue weighted by Crippen LogP contribution is -2.27. The topological polar surface area (TPSA) is 50.4 Å². The molecule has 1 saturated carbocycles. The van der Waals surface area contributed by atoms with Gasteiger partial charge in [0.25, 0.3) is 0 Å². The minimum atomic E-state index is 0.201. The third-order valence-electron chi connectivity index (χ3n) is 4.12. The van der Waals surface area contributed by atoms with Crippen LogP contribution in [0.1, 0.15) is 63.0 Å². The van der Waals surface area contributed by atoms with Gasteiger partial charge in [0.15, 0.2) is 5.11 Å². The molecule has 0 spiro atoms. The molecule has 0 amide bonds. The molecule has 3 N–H and O–H groups in total. The van der Waals surface area contributed by atoms with Crippen molar-refractivity contribution in [1.29, 1.82) is 0 Å². The first-order valence-corrected chi connectivity index (χ1v) is 8.22. The van der Waals surface area contributed by atoms with Gasteiger partial charge in [0.2, 0.25) is 0 Å². The summed E-state index contributed by atoms with van der Waals surface area (Å²) in [7, 11) is 0. The van der Waals surface area contributed by atoms with Crippen LogP contribution in [-0.4, -0.2) is 10.8 Å². The predicted octanol–water partition coefficient (Wildman–Crippen LogP) is 3.93. The number of rotatable bonds is 4. The molecule has 0 saturated heterocycles. The Morgan fingerprint density at radius 2 is 1.81 bits per heavy atom. The summed E-state index contributed by atoms with van der Waals surface area (Å²) in [5.74, 6) is 1.05. The maximum atomic E-state index is 5.45. The Kier molecular flexibility index (Phi) is 5.74. The van der Waals surface area contributed by atoms with Crippen LogP contribution in [0.4, 0.5) is 0 Å². The summed E-state index contributed by atoms with van der Waals surface area (Å²) in [4.78, 5) is 0. The molecule has 1 aliphatic carbocycles. The van der Waals surface area contributed by atoms with Gasteiger partial charge < -0.3 is 5.73 Å². The Morgan fingerprint density at radius 3 is 2.33 bits per heavy atom. The number of hydrogen-bond donors (Lipinski definition) is 2. The van der Waals surface area contributed by atoms with Gasteiger partial charge in [0.1, 0.15) is 0 Å². The van der Waals surface area contributed by atoms with Gasteiger partial charge >= 0.3 is 0 Å². The minimum Gasteiger partial charge on any atom is -0.375 e. The highest BCUT2D eigenvalue weighted by molar-refractivity contribution is 7.80. The van der Waals surface area contributed by atoms with Crippen LogP contribution in [-0.2, 0) is 0 Å². The van der Waals surface area contributed by atoms with Gasteiger partial charge in [-0.1, -0.05) is 57.4 Å². The van der Waals surface area contributed by atoms with Crippen molar-refractivity contribution in [1.82, 2.24) is 5.43 Å². The molecular weight excluding hydrogens is 278 g/mol. The maximum Gasteiger partial charge on any atom is 0.184 e. The second-order valence-electron chi connectivity index (χ2n) is 6.08. The molecule has 2 rings (SSSR count). The van der Waals surface area contributed by atoms with Crippen LogP contribution in [0.15, 0.2) is 29.4 Å². The fourth-order valence-corrected chi connectivity index (χ4v) is 3.05. The third-order valence-corrected chi connectivity index (χ3v) is 4.21.